The molecule has 2 N–H and O–H groups in total. The Labute approximate surface area is 132 Å². The molecule has 0 aliphatic rings. The first kappa shape index (κ1) is 16.0. The van der Waals surface area contributed by atoms with Crippen molar-refractivity contribution in [1.82, 2.24) is 14.8 Å². The third-order valence-corrected chi connectivity index (χ3v) is 5.04. The van der Waals surface area contributed by atoms with Gasteiger partial charge in [0.1, 0.15) is 0 Å². The summed E-state index contributed by atoms with van der Waals surface area (Å²) in [5.41, 5.74) is 8.41. The van der Waals surface area contributed by atoms with Gasteiger partial charge < -0.3 is 10.3 Å². The quantitative estimate of drug-likeness (QED) is 0.690. The fraction of sp³-hybridized carbons (Fsp3) is 0.500. The van der Waals surface area contributed by atoms with Crippen molar-refractivity contribution in [1.29, 1.82) is 0 Å². The van der Waals surface area contributed by atoms with Crippen LogP contribution in [0.5, 0.6) is 0 Å². The number of carbonyl (C=O) groups is 1. The number of carbonyl (C=O) groups excluding carboxylic acids is 1. The van der Waals surface area contributed by atoms with E-state index in [1.807, 2.05) is 19.9 Å². The Balaban J connectivity index is 2.17. The second kappa shape index (κ2) is 5.81. The van der Waals surface area contributed by atoms with Crippen LogP contribution in [-0.4, -0.2) is 26.3 Å². The minimum absolute atomic E-state index is 0.0342. The summed E-state index contributed by atoms with van der Waals surface area (Å²) in [6, 6.07) is 1.97. The number of ketones is 1. The van der Waals surface area contributed by atoms with E-state index < -0.39 is 0 Å². The number of aromatic nitrogens is 3. The van der Waals surface area contributed by atoms with Crippen molar-refractivity contribution >= 4 is 34.0 Å². The molecule has 5 nitrogen and oxygen atoms in total. The Morgan fingerprint density at radius 2 is 2.05 bits per heavy atom. The van der Waals surface area contributed by atoms with Crippen LogP contribution >= 0.6 is 23.1 Å². The highest BCUT2D eigenvalue weighted by Crippen LogP contribution is 2.28. The molecule has 0 unspecified atom stereocenters. The Morgan fingerprint density at radius 3 is 2.52 bits per heavy atom. The maximum atomic E-state index is 12.4. The van der Waals surface area contributed by atoms with Crippen molar-refractivity contribution in [2.24, 2.45) is 0 Å². The molecule has 0 atom stereocenters. The second-order valence-electron chi connectivity index (χ2n) is 5.91. The lowest BCUT2D eigenvalue weighted by molar-refractivity contribution is 0.102. The first-order valence-corrected chi connectivity index (χ1v) is 8.44. The largest absolute Gasteiger partial charge is 0.374 e. The second-order valence-corrected chi connectivity index (χ2v) is 8.14. The highest BCUT2D eigenvalue weighted by atomic mass is 32.2. The van der Waals surface area contributed by atoms with Gasteiger partial charge >= 0.3 is 0 Å². The molecule has 114 valence electrons. The molecule has 0 aliphatic carbocycles. The van der Waals surface area contributed by atoms with Gasteiger partial charge in [0.25, 0.3) is 0 Å². The zero-order valence-electron chi connectivity index (χ0n) is 12.9. The van der Waals surface area contributed by atoms with Crippen LogP contribution in [-0.2, 0) is 5.54 Å². The van der Waals surface area contributed by atoms with E-state index in [4.69, 9.17) is 5.73 Å². The highest BCUT2D eigenvalue weighted by Gasteiger charge is 2.22. The molecule has 0 bridgehead atoms. The SMILES string of the molecule is Cc1cc(C(=O)CSc2nnc(N)s2)c(C)n1C(C)(C)C. The zero-order valence-corrected chi connectivity index (χ0v) is 14.6. The van der Waals surface area contributed by atoms with E-state index >= 15 is 0 Å². The van der Waals surface area contributed by atoms with Crippen LogP contribution in [0.2, 0.25) is 0 Å². The highest BCUT2D eigenvalue weighted by molar-refractivity contribution is 8.01. The summed E-state index contributed by atoms with van der Waals surface area (Å²) in [7, 11) is 0. The predicted octanol–water partition coefficient (Wildman–Crippen LogP) is 3.27. The van der Waals surface area contributed by atoms with E-state index in [9.17, 15) is 4.79 Å². The van der Waals surface area contributed by atoms with Gasteiger partial charge in [-0.1, -0.05) is 23.1 Å². The van der Waals surface area contributed by atoms with Crippen LogP contribution < -0.4 is 5.73 Å². The predicted molar refractivity (Wildman–Crippen MR) is 88.3 cm³/mol. The molecule has 2 rings (SSSR count). The number of hydrogen-bond donors (Lipinski definition) is 1. The maximum absolute atomic E-state index is 12.4. The lowest BCUT2D eigenvalue weighted by Crippen LogP contribution is -2.24. The van der Waals surface area contributed by atoms with Gasteiger partial charge in [-0.15, -0.1) is 10.2 Å². The lowest BCUT2D eigenvalue weighted by atomic mass is 10.1. The number of anilines is 1. The summed E-state index contributed by atoms with van der Waals surface area (Å²) < 4.78 is 2.93. The van der Waals surface area contributed by atoms with E-state index in [0.717, 1.165) is 21.3 Å². The van der Waals surface area contributed by atoms with Gasteiger partial charge in [0, 0.05) is 22.5 Å². The van der Waals surface area contributed by atoms with Crippen LogP contribution in [0.25, 0.3) is 0 Å². The Kier molecular flexibility index (Phi) is 4.43. The van der Waals surface area contributed by atoms with Gasteiger partial charge in [-0.05, 0) is 40.7 Å². The van der Waals surface area contributed by atoms with Crippen molar-refractivity contribution in [3.8, 4) is 0 Å². The summed E-state index contributed by atoms with van der Waals surface area (Å²) in [5.74, 6) is 0.459. The topological polar surface area (TPSA) is 73.8 Å². The number of hydrogen-bond acceptors (Lipinski definition) is 6. The number of nitrogen functional groups attached to an aromatic ring is 1. The van der Waals surface area contributed by atoms with Gasteiger partial charge in [0.15, 0.2) is 10.1 Å². The van der Waals surface area contributed by atoms with Gasteiger partial charge in [-0.3, -0.25) is 4.79 Å². The normalized spacial score (nSPS) is 11.9. The summed E-state index contributed by atoms with van der Waals surface area (Å²) in [5, 5.41) is 8.09. The lowest BCUT2D eigenvalue weighted by Gasteiger charge is -2.25. The Morgan fingerprint density at radius 1 is 1.38 bits per heavy atom. The average molecular weight is 324 g/mol. The van der Waals surface area contributed by atoms with E-state index in [2.05, 4.69) is 35.5 Å². The van der Waals surface area contributed by atoms with Crippen LogP contribution in [0.15, 0.2) is 10.4 Å². The number of Topliss-reactive ketones (excluding diaryl/α,β-unsaturated/α-hetero) is 1. The fourth-order valence-electron chi connectivity index (χ4n) is 2.56. The molecular weight excluding hydrogens is 304 g/mol. The van der Waals surface area contributed by atoms with Crippen molar-refractivity contribution < 1.29 is 4.79 Å². The maximum Gasteiger partial charge on any atom is 0.203 e. The van der Waals surface area contributed by atoms with Crippen molar-refractivity contribution in [2.75, 3.05) is 11.5 Å². The van der Waals surface area contributed by atoms with E-state index in [0.29, 0.717) is 10.9 Å². The molecule has 0 aliphatic heterocycles. The molecule has 0 aromatic carbocycles. The van der Waals surface area contributed by atoms with Gasteiger partial charge in [0.05, 0.1) is 5.75 Å². The van der Waals surface area contributed by atoms with Gasteiger partial charge in [0.2, 0.25) is 5.13 Å². The van der Waals surface area contributed by atoms with Gasteiger partial charge in [-0.2, -0.15) is 0 Å². The average Bonchev–Trinajstić information content (AvgIpc) is 2.89. The van der Waals surface area contributed by atoms with E-state index in [-0.39, 0.29) is 11.3 Å². The molecule has 0 fully saturated rings. The molecule has 2 aromatic heterocycles. The van der Waals surface area contributed by atoms with Crippen molar-refractivity contribution in [3.63, 3.8) is 0 Å². The summed E-state index contributed by atoms with van der Waals surface area (Å²) in [6.07, 6.45) is 0. The summed E-state index contributed by atoms with van der Waals surface area (Å²) in [4.78, 5) is 12.4. The number of thioether (sulfide) groups is 1. The van der Waals surface area contributed by atoms with Crippen LogP contribution in [0, 0.1) is 13.8 Å². The summed E-state index contributed by atoms with van der Waals surface area (Å²) >= 11 is 2.68. The van der Waals surface area contributed by atoms with Crippen LogP contribution in [0.4, 0.5) is 5.13 Å². The monoisotopic (exact) mass is 324 g/mol. The number of rotatable bonds is 4. The number of aryl methyl sites for hydroxylation is 1. The molecule has 0 spiro atoms. The van der Waals surface area contributed by atoms with Crippen LogP contribution in [0.1, 0.15) is 42.5 Å². The van der Waals surface area contributed by atoms with E-state index in [1.54, 1.807) is 0 Å². The number of nitrogens with zero attached hydrogens (tertiary/aromatic N) is 3. The molecule has 2 aromatic rings. The Bertz CT molecular complexity index is 667. The molecule has 7 heteroatoms. The minimum Gasteiger partial charge on any atom is -0.374 e. The fourth-order valence-corrected chi connectivity index (χ4v) is 4.08. The first-order chi connectivity index (χ1) is 9.70. The van der Waals surface area contributed by atoms with Gasteiger partial charge in [-0.25, -0.2) is 0 Å². The van der Waals surface area contributed by atoms with Crippen LogP contribution in [0.3, 0.4) is 0 Å². The molecule has 0 radical (unpaired) electrons. The third kappa shape index (κ3) is 3.47. The Hall–Kier alpha value is -1.34. The smallest absolute Gasteiger partial charge is 0.203 e. The standard InChI is InChI=1S/C14H20N4OS2/c1-8-6-10(9(2)18(8)14(3,4)5)11(19)7-20-13-17-16-12(15)21-13/h6H,7H2,1-5H3,(H2,15,16). The van der Waals surface area contributed by atoms with Crippen molar-refractivity contribution in [2.45, 2.75) is 44.5 Å². The zero-order chi connectivity index (χ0) is 15.8. The first-order valence-electron chi connectivity index (χ1n) is 6.64. The molecule has 21 heavy (non-hydrogen) atoms. The number of nitrogens with two attached hydrogens (primary N) is 1. The molecule has 0 saturated carbocycles. The molecule has 0 saturated heterocycles. The summed E-state index contributed by atoms with van der Waals surface area (Å²) in [6.45, 7) is 10.5. The minimum atomic E-state index is -0.0342. The molecular formula is C14H20N4OS2. The van der Waals surface area contributed by atoms with E-state index in [1.165, 1.54) is 23.1 Å². The molecule has 2 heterocycles. The van der Waals surface area contributed by atoms with Crippen molar-refractivity contribution in [3.05, 3.63) is 23.0 Å². The third-order valence-electron chi connectivity index (χ3n) is 3.15. The molecule has 0 amide bonds.